The topological polar surface area (TPSA) is 42.6 Å². The van der Waals surface area contributed by atoms with Crippen molar-refractivity contribution < 1.29 is 4.74 Å². The Hall–Kier alpha value is -3.19. The van der Waals surface area contributed by atoms with Crippen LogP contribution in [0.15, 0.2) is 71.7 Å². The first-order chi connectivity index (χ1) is 18.6. The Bertz CT molecular complexity index is 1530. The standard InChI is InChI=1S/C32H36N4O2/c1-33-19-26(28-8-4-5-9-31(28)33)22-35-17-23-16-25(21-35)30-11-10-29(32(37)36(30)18-23)27-7-3-2-6-24(27)20-34-12-14-38-15-13-34/h2-11,19,23,25H,12-18,20-22H2,1H3/t23-,25-/m1/s1. The van der Waals surface area contributed by atoms with E-state index >= 15 is 0 Å². The number of ether oxygens (including phenoxy) is 1. The van der Waals surface area contributed by atoms with Crippen molar-refractivity contribution in [2.24, 2.45) is 13.0 Å². The lowest BCUT2D eigenvalue weighted by Gasteiger charge is -2.43. The van der Waals surface area contributed by atoms with E-state index in [4.69, 9.17) is 4.74 Å². The Morgan fingerprint density at radius 2 is 1.61 bits per heavy atom. The van der Waals surface area contributed by atoms with Crippen molar-refractivity contribution in [3.8, 4) is 11.1 Å². The number of pyridine rings is 1. The van der Waals surface area contributed by atoms with Crippen LogP contribution in [-0.4, -0.2) is 58.3 Å². The number of aryl methyl sites for hydroxylation is 1. The second-order valence-electron chi connectivity index (χ2n) is 11.4. The van der Waals surface area contributed by atoms with Crippen molar-refractivity contribution in [1.29, 1.82) is 0 Å². The number of nitrogens with zero attached hydrogens (tertiary/aromatic N) is 4. The second kappa shape index (κ2) is 9.84. The third-order valence-electron chi connectivity index (χ3n) is 8.86. The molecule has 3 aliphatic rings. The van der Waals surface area contributed by atoms with Gasteiger partial charge in [0.15, 0.2) is 0 Å². The molecule has 0 spiro atoms. The molecule has 0 aliphatic carbocycles. The van der Waals surface area contributed by atoms with E-state index in [1.54, 1.807) is 0 Å². The number of morpholine rings is 1. The molecule has 6 nitrogen and oxygen atoms in total. The maximum absolute atomic E-state index is 13.9. The largest absolute Gasteiger partial charge is 0.379 e. The summed E-state index contributed by atoms with van der Waals surface area (Å²) >= 11 is 0. The van der Waals surface area contributed by atoms with Gasteiger partial charge in [-0.15, -0.1) is 0 Å². The lowest BCUT2D eigenvalue weighted by atomic mass is 9.82. The molecule has 0 unspecified atom stereocenters. The zero-order valence-corrected chi connectivity index (χ0v) is 22.2. The number of hydrogen-bond acceptors (Lipinski definition) is 4. The quantitative estimate of drug-likeness (QED) is 0.399. The molecular weight excluding hydrogens is 472 g/mol. The molecule has 6 heteroatoms. The summed E-state index contributed by atoms with van der Waals surface area (Å²) in [5.74, 6) is 0.913. The highest BCUT2D eigenvalue weighted by molar-refractivity contribution is 5.83. The van der Waals surface area contributed by atoms with Gasteiger partial charge in [0.1, 0.15) is 0 Å². The summed E-state index contributed by atoms with van der Waals surface area (Å²) < 4.78 is 9.88. The van der Waals surface area contributed by atoms with Crippen LogP contribution in [0.2, 0.25) is 0 Å². The van der Waals surface area contributed by atoms with E-state index in [2.05, 4.69) is 92.8 Å². The van der Waals surface area contributed by atoms with E-state index in [-0.39, 0.29) is 5.56 Å². The zero-order chi connectivity index (χ0) is 25.6. The molecule has 2 fully saturated rings. The molecule has 2 aromatic carbocycles. The maximum Gasteiger partial charge on any atom is 0.258 e. The summed E-state index contributed by atoms with van der Waals surface area (Å²) in [6, 6.07) is 21.5. The van der Waals surface area contributed by atoms with Crippen LogP contribution in [0.4, 0.5) is 0 Å². The van der Waals surface area contributed by atoms with Gasteiger partial charge in [-0.1, -0.05) is 42.5 Å². The summed E-state index contributed by atoms with van der Waals surface area (Å²) in [7, 11) is 2.14. The number of hydrogen-bond donors (Lipinski definition) is 0. The van der Waals surface area contributed by atoms with Crippen LogP contribution in [-0.2, 0) is 31.4 Å². The van der Waals surface area contributed by atoms with Crippen LogP contribution in [0.25, 0.3) is 22.0 Å². The summed E-state index contributed by atoms with van der Waals surface area (Å²) in [6.07, 6.45) is 3.46. The van der Waals surface area contributed by atoms with Gasteiger partial charge in [-0.05, 0) is 47.2 Å². The molecule has 2 saturated heterocycles. The van der Waals surface area contributed by atoms with E-state index in [9.17, 15) is 4.79 Å². The smallest absolute Gasteiger partial charge is 0.258 e. The monoisotopic (exact) mass is 508 g/mol. The number of aromatic nitrogens is 2. The number of benzene rings is 2. The van der Waals surface area contributed by atoms with Gasteiger partial charge in [-0.2, -0.15) is 0 Å². The summed E-state index contributed by atoms with van der Waals surface area (Å²) in [4.78, 5) is 19.0. The molecular formula is C32H36N4O2. The van der Waals surface area contributed by atoms with E-state index < -0.39 is 0 Å². The van der Waals surface area contributed by atoms with Crippen LogP contribution in [0.5, 0.6) is 0 Å². The van der Waals surface area contributed by atoms with E-state index in [1.807, 2.05) is 0 Å². The van der Waals surface area contributed by atoms with Gasteiger partial charge in [0.2, 0.25) is 0 Å². The SMILES string of the molecule is Cn1cc(CN2C[C@H]3C[C@H](C2)c2ccc(-c4ccccc4CN4CCOCC4)c(=O)n2C3)c2ccccc21. The molecule has 0 radical (unpaired) electrons. The minimum atomic E-state index is 0.175. The number of likely N-dealkylation sites (tertiary alicyclic amines) is 1. The van der Waals surface area contributed by atoms with Gasteiger partial charge in [0, 0.05) is 87.1 Å². The minimum absolute atomic E-state index is 0.175. The third-order valence-corrected chi connectivity index (χ3v) is 8.86. The van der Waals surface area contributed by atoms with Crippen LogP contribution in [0.1, 0.15) is 29.2 Å². The van der Waals surface area contributed by atoms with Crippen molar-refractivity contribution in [1.82, 2.24) is 18.9 Å². The molecule has 196 valence electrons. The zero-order valence-electron chi connectivity index (χ0n) is 22.2. The second-order valence-corrected chi connectivity index (χ2v) is 11.4. The first kappa shape index (κ1) is 23.9. The Morgan fingerprint density at radius 1 is 0.816 bits per heavy atom. The first-order valence-electron chi connectivity index (χ1n) is 14.0. The fourth-order valence-corrected chi connectivity index (χ4v) is 7.09. The van der Waals surface area contributed by atoms with Crippen molar-refractivity contribution in [2.75, 3.05) is 39.4 Å². The highest BCUT2D eigenvalue weighted by Gasteiger charge is 2.35. The lowest BCUT2D eigenvalue weighted by molar-refractivity contribution is 0.0342. The fourth-order valence-electron chi connectivity index (χ4n) is 7.09. The molecule has 3 aliphatic heterocycles. The van der Waals surface area contributed by atoms with Crippen LogP contribution >= 0.6 is 0 Å². The van der Waals surface area contributed by atoms with Crippen LogP contribution < -0.4 is 5.56 Å². The number of para-hydroxylation sites is 1. The Kier molecular flexibility index (Phi) is 6.19. The predicted molar refractivity (Wildman–Crippen MR) is 151 cm³/mol. The first-order valence-corrected chi connectivity index (χ1v) is 14.0. The normalized spacial score (nSPS) is 22.0. The van der Waals surface area contributed by atoms with Crippen molar-refractivity contribution in [3.63, 3.8) is 0 Å². The molecule has 7 rings (SSSR count). The van der Waals surface area contributed by atoms with Crippen LogP contribution in [0, 0.1) is 5.92 Å². The van der Waals surface area contributed by atoms with Crippen LogP contribution in [0.3, 0.4) is 0 Å². The average Bonchev–Trinajstić information content (AvgIpc) is 3.25. The molecule has 0 saturated carbocycles. The van der Waals surface area contributed by atoms with Gasteiger partial charge in [-0.25, -0.2) is 0 Å². The molecule has 4 aromatic rings. The van der Waals surface area contributed by atoms with Crippen molar-refractivity contribution in [2.45, 2.75) is 32.0 Å². The van der Waals surface area contributed by atoms with Crippen molar-refractivity contribution in [3.05, 3.63) is 94.0 Å². The fraction of sp³-hybridized carbons (Fsp3) is 0.406. The number of piperidine rings is 1. The minimum Gasteiger partial charge on any atom is -0.379 e. The van der Waals surface area contributed by atoms with Gasteiger partial charge in [0.05, 0.1) is 13.2 Å². The Morgan fingerprint density at radius 3 is 2.50 bits per heavy atom. The highest BCUT2D eigenvalue weighted by Crippen LogP contribution is 2.37. The predicted octanol–water partition coefficient (Wildman–Crippen LogP) is 4.46. The Labute approximate surface area is 224 Å². The average molecular weight is 509 g/mol. The van der Waals surface area contributed by atoms with E-state index in [1.165, 1.54) is 34.1 Å². The molecule has 0 amide bonds. The number of rotatable bonds is 5. The summed E-state index contributed by atoms with van der Waals surface area (Å²) in [5, 5.41) is 1.35. The molecule has 5 heterocycles. The third kappa shape index (κ3) is 4.31. The lowest BCUT2D eigenvalue weighted by Crippen LogP contribution is -2.47. The molecule has 2 atom stereocenters. The van der Waals surface area contributed by atoms with Gasteiger partial charge >= 0.3 is 0 Å². The summed E-state index contributed by atoms with van der Waals surface area (Å²) in [6.45, 7) is 8.13. The molecule has 38 heavy (non-hydrogen) atoms. The molecule has 2 bridgehead atoms. The van der Waals surface area contributed by atoms with E-state index in [0.29, 0.717) is 11.8 Å². The molecule has 0 N–H and O–H groups in total. The Balaban J connectivity index is 1.15. The van der Waals surface area contributed by atoms with Gasteiger partial charge in [-0.3, -0.25) is 14.6 Å². The van der Waals surface area contributed by atoms with E-state index in [0.717, 1.165) is 70.2 Å². The summed E-state index contributed by atoms with van der Waals surface area (Å²) in [5.41, 5.74) is 7.21. The van der Waals surface area contributed by atoms with Gasteiger partial charge in [0.25, 0.3) is 5.56 Å². The number of fused-ring (bicyclic) bond motifs is 5. The highest BCUT2D eigenvalue weighted by atomic mass is 16.5. The maximum atomic E-state index is 13.9. The van der Waals surface area contributed by atoms with Gasteiger partial charge < -0.3 is 13.9 Å². The molecule has 2 aromatic heterocycles. The van der Waals surface area contributed by atoms with Crippen molar-refractivity contribution >= 4 is 10.9 Å².